The van der Waals surface area contributed by atoms with Gasteiger partial charge in [0.05, 0.1) is 6.54 Å². The minimum Gasteiger partial charge on any atom is -0.342 e. The van der Waals surface area contributed by atoms with Gasteiger partial charge in [-0.25, -0.2) is 0 Å². The predicted octanol–water partition coefficient (Wildman–Crippen LogP) is 4.77. The SMILES string of the molecule is Brc1csc(Cn2ccc3c(CNC4CC4)cccc32)c1. The van der Waals surface area contributed by atoms with E-state index in [1.54, 1.807) is 11.3 Å². The van der Waals surface area contributed by atoms with Crippen molar-refractivity contribution < 1.29 is 0 Å². The molecule has 1 N–H and O–H groups in total. The van der Waals surface area contributed by atoms with Crippen molar-refractivity contribution in [3.05, 3.63) is 56.8 Å². The van der Waals surface area contributed by atoms with Gasteiger partial charge in [-0.1, -0.05) is 12.1 Å². The van der Waals surface area contributed by atoms with Crippen LogP contribution >= 0.6 is 27.3 Å². The van der Waals surface area contributed by atoms with E-state index in [1.165, 1.54) is 38.7 Å². The lowest BCUT2D eigenvalue weighted by Gasteiger charge is -2.07. The molecule has 0 saturated heterocycles. The van der Waals surface area contributed by atoms with E-state index in [1.807, 2.05) is 0 Å². The lowest BCUT2D eigenvalue weighted by Crippen LogP contribution is -2.15. The van der Waals surface area contributed by atoms with Gasteiger partial charge in [0.1, 0.15) is 0 Å². The number of hydrogen-bond donors (Lipinski definition) is 1. The molecule has 4 heteroatoms. The molecule has 0 bridgehead atoms. The average Bonchev–Trinajstić information content (AvgIpc) is 3.10. The minimum atomic E-state index is 0.755. The zero-order valence-electron chi connectivity index (χ0n) is 11.7. The Morgan fingerprint density at radius 1 is 1.29 bits per heavy atom. The molecule has 0 spiro atoms. The van der Waals surface area contributed by atoms with Crippen LogP contribution in [-0.2, 0) is 13.1 Å². The van der Waals surface area contributed by atoms with Crippen LogP contribution in [0.25, 0.3) is 10.9 Å². The molecular weight excluding hydrogens is 344 g/mol. The van der Waals surface area contributed by atoms with Crippen LogP contribution in [0.15, 0.2) is 46.4 Å². The Hall–Kier alpha value is -1.10. The maximum absolute atomic E-state index is 3.61. The van der Waals surface area contributed by atoms with E-state index >= 15 is 0 Å². The van der Waals surface area contributed by atoms with Crippen LogP contribution in [0, 0.1) is 0 Å². The summed E-state index contributed by atoms with van der Waals surface area (Å²) in [5.41, 5.74) is 2.74. The molecule has 1 aliphatic rings. The van der Waals surface area contributed by atoms with Crippen molar-refractivity contribution >= 4 is 38.2 Å². The number of benzene rings is 1. The maximum Gasteiger partial charge on any atom is 0.0569 e. The number of rotatable bonds is 5. The number of nitrogens with one attached hydrogen (secondary N) is 1. The topological polar surface area (TPSA) is 17.0 Å². The van der Waals surface area contributed by atoms with Crippen molar-refractivity contribution in [2.75, 3.05) is 0 Å². The van der Waals surface area contributed by atoms with E-state index in [9.17, 15) is 0 Å². The van der Waals surface area contributed by atoms with Crippen LogP contribution in [0.5, 0.6) is 0 Å². The molecule has 108 valence electrons. The summed E-state index contributed by atoms with van der Waals surface area (Å²) in [5, 5.41) is 7.13. The molecule has 2 heterocycles. The Kier molecular flexibility index (Phi) is 3.61. The Bertz CT molecular complexity index is 770. The van der Waals surface area contributed by atoms with Gasteiger partial charge in [-0.05, 0) is 52.5 Å². The van der Waals surface area contributed by atoms with E-state index in [4.69, 9.17) is 0 Å². The zero-order chi connectivity index (χ0) is 14.2. The monoisotopic (exact) mass is 360 g/mol. The molecule has 1 aromatic carbocycles. The fourth-order valence-electron chi connectivity index (χ4n) is 2.73. The molecule has 1 aliphatic carbocycles. The summed E-state index contributed by atoms with van der Waals surface area (Å²) < 4.78 is 3.52. The molecule has 0 aliphatic heterocycles. The molecule has 4 rings (SSSR count). The smallest absolute Gasteiger partial charge is 0.0569 e. The van der Waals surface area contributed by atoms with Gasteiger partial charge in [0.15, 0.2) is 0 Å². The molecule has 1 saturated carbocycles. The van der Waals surface area contributed by atoms with Crippen molar-refractivity contribution in [2.24, 2.45) is 0 Å². The molecule has 3 aromatic rings. The van der Waals surface area contributed by atoms with Gasteiger partial charge in [0, 0.05) is 44.4 Å². The Balaban J connectivity index is 1.62. The third-order valence-corrected chi connectivity index (χ3v) is 5.69. The Labute approximate surface area is 136 Å². The predicted molar refractivity (Wildman–Crippen MR) is 92.9 cm³/mol. The standard InChI is InChI=1S/C17H17BrN2S/c18-13-8-15(21-11-13)10-20-7-6-16-12(2-1-3-17(16)20)9-19-14-4-5-14/h1-3,6-8,11,14,19H,4-5,9-10H2. The van der Waals surface area contributed by atoms with Crippen molar-refractivity contribution in [2.45, 2.75) is 32.0 Å². The van der Waals surface area contributed by atoms with Crippen LogP contribution in [-0.4, -0.2) is 10.6 Å². The van der Waals surface area contributed by atoms with Gasteiger partial charge in [-0.15, -0.1) is 11.3 Å². The normalized spacial score (nSPS) is 14.9. The molecule has 0 radical (unpaired) electrons. The molecule has 2 aromatic heterocycles. The lowest BCUT2D eigenvalue weighted by atomic mass is 10.1. The molecule has 0 atom stereocenters. The quantitative estimate of drug-likeness (QED) is 0.693. The molecule has 1 fully saturated rings. The number of hydrogen-bond acceptors (Lipinski definition) is 2. The first-order chi connectivity index (χ1) is 10.3. The zero-order valence-corrected chi connectivity index (χ0v) is 14.1. The fraction of sp³-hybridized carbons (Fsp3) is 0.294. The molecule has 0 amide bonds. The maximum atomic E-state index is 3.61. The Morgan fingerprint density at radius 2 is 2.19 bits per heavy atom. The second-order valence-corrected chi connectivity index (χ2v) is 7.59. The number of thiophene rings is 1. The third kappa shape index (κ3) is 2.93. The van der Waals surface area contributed by atoms with E-state index in [2.05, 4.69) is 67.7 Å². The summed E-state index contributed by atoms with van der Waals surface area (Å²) >= 11 is 5.33. The lowest BCUT2D eigenvalue weighted by molar-refractivity contribution is 0.691. The summed E-state index contributed by atoms with van der Waals surface area (Å²) in [6, 6.07) is 11.8. The van der Waals surface area contributed by atoms with Crippen molar-refractivity contribution in [1.82, 2.24) is 9.88 Å². The summed E-state index contributed by atoms with van der Waals surface area (Å²) in [4.78, 5) is 1.38. The van der Waals surface area contributed by atoms with Crippen molar-refractivity contribution in [1.29, 1.82) is 0 Å². The fourth-order valence-corrected chi connectivity index (χ4v) is 4.17. The van der Waals surface area contributed by atoms with Gasteiger partial charge in [0.25, 0.3) is 0 Å². The highest BCUT2D eigenvalue weighted by atomic mass is 79.9. The second-order valence-electron chi connectivity index (χ2n) is 5.68. The highest BCUT2D eigenvalue weighted by Gasteiger charge is 2.20. The van der Waals surface area contributed by atoms with Crippen LogP contribution < -0.4 is 5.32 Å². The van der Waals surface area contributed by atoms with E-state index in [0.29, 0.717) is 0 Å². The summed E-state index contributed by atoms with van der Waals surface area (Å²) in [5.74, 6) is 0. The summed E-state index contributed by atoms with van der Waals surface area (Å²) in [6.07, 6.45) is 4.88. The highest BCUT2D eigenvalue weighted by Crippen LogP contribution is 2.26. The van der Waals surface area contributed by atoms with Gasteiger partial charge in [-0.2, -0.15) is 0 Å². The molecule has 2 nitrogen and oxygen atoms in total. The molecule has 21 heavy (non-hydrogen) atoms. The molecular formula is C17H17BrN2S. The first kappa shape index (κ1) is 13.6. The van der Waals surface area contributed by atoms with Crippen molar-refractivity contribution in [3.63, 3.8) is 0 Å². The first-order valence-corrected chi connectivity index (χ1v) is 9.00. The van der Waals surface area contributed by atoms with Crippen molar-refractivity contribution in [3.8, 4) is 0 Å². The summed E-state index contributed by atoms with van der Waals surface area (Å²) in [6.45, 7) is 1.93. The Morgan fingerprint density at radius 3 is 2.95 bits per heavy atom. The third-order valence-electron chi connectivity index (χ3n) is 4.01. The number of nitrogens with zero attached hydrogens (tertiary/aromatic N) is 1. The minimum absolute atomic E-state index is 0.755. The van der Waals surface area contributed by atoms with Crippen LogP contribution in [0.3, 0.4) is 0 Å². The number of fused-ring (bicyclic) bond motifs is 1. The largest absolute Gasteiger partial charge is 0.342 e. The first-order valence-electron chi connectivity index (χ1n) is 7.32. The van der Waals surface area contributed by atoms with Crippen LogP contribution in [0.1, 0.15) is 23.3 Å². The van der Waals surface area contributed by atoms with E-state index in [-0.39, 0.29) is 0 Å². The van der Waals surface area contributed by atoms with Gasteiger partial charge in [0.2, 0.25) is 0 Å². The average molecular weight is 361 g/mol. The van der Waals surface area contributed by atoms with Gasteiger partial charge >= 0.3 is 0 Å². The van der Waals surface area contributed by atoms with E-state index < -0.39 is 0 Å². The van der Waals surface area contributed by atoms with E-state index in [0.717, 1.165) is 19.1 Å². The summed E-state index contributed by atoms with van der Waals surface area (Å²) in [7, 11) is 0. The second kappa shape index (κ2) is 5.59. The number of aromatic nitrogens is 1. The van der Waals surface area contributed by atoms with Crippen LogP contribution in [0.4, 0.5) is 0 Å². The molecule has 0 unspecified atom stereocenters. The van der Waals surface area contributed by atoms with Gasteiger partial charge < -0.3 is 9.88 Å². The number of halogens is 1. The van der Waals surface area contributed by atoms with Crippen LogP contribution in [0.2, 0.25) is 0 Å². The van der Waals surface area contributed by atoms with Gasteiger partial charge in [-0.3, -0.25) is 0 Å². The highest BCUT2D eigenvalue weighted by molar-refractivity contribution is 9.10.